The molecule has 0 aliphatic carbocycles. The van der Waals surface area contributed by atoms with Gasteiger partial charge in [0.1, 0.15) is 12.4 Å². The quantitative estimate of drug-likeness (QED) is 0.870. The van der Waals surface area contributed by atoms with E-state index in [1.165, 1.54) is 0 Å². The number of benzene rings is 1. The molecule has 106 valence electrons. The van der Waals surface area contributed by atoms with Crippen molar-refractivity contribution in [3.8, 4) is 17.1 Å². The summed E-state index contributed by atoms with van der Waals surface area (Å²) in [5, 5.41) is 6.51. The predicted octanol–water partition coefficient (Wildman–Crippen LogP) is 2.24. The van der Waals surface area contributed by atoms with Gasteiger partial charge < -0.3 is 14.6 Å². The first-order valence-electron chi connectivity index (χ1n) is 5.92. The van der Waals surface area contributed by atoms with E-state index < -0.39 is 12.1 Å². The van der Waals surface area contributed by atoms with Crippen molar-refractivity contribution >= 4 is 0 Å². The van der Waals surface area contributed by atoms with E-state index in [1.807, 2.05) is 0 Å². The first-order chi connectivity index (χ1) is 9.54. The normalized spacial score (nSPS) is 15.3. The van der Waals surface area contributed by atoms with Crippen LogP contribution < -0.4 is 10.1 Å². The Labute approximate surface area is 111 Å². The summed E-state index contributed by atoms with van der Waals surface area (Å²) < 4.78 is 47.0. The van der Waals surface area contributed by atoms with E-state index in [-0.39, 0.29) is 5.82 Å². The van der Waals surface area contributed by atoms with Gasteiger partial charge in [0.25, 0.3) is 0 Å². The summed E-state index contributed by atoms with van der Waals surface area (Å²) in [4.78, 5) is 3.35. The Bertz CT molecular complexity index is 625. The molecule has 0 saturated carbocycles. The van der Waals surface area contributed by atoms with Crippen LogP contribution in [0.25, 0.3) is 11.4 Å². The molecule has 20 heavy (non-hydrogen) atoms. The van der Waals surface area contributed by atoms with Gasteiger partial charge in [-0.05, 0) is 6.07 Å². The lowest BCUT2D eigenvalue weighted by molar-refractivity contribution is -0.159. The van der Waals surface area contributed by atoms with E-state index in [2.05, 4.69) is 20.0 Å². The summed E-state index contributed by atoms with van der Waals surface area (Å²) >= 11 is 0. The van der Waals surface area contributed by atoms with Gasteiger partial charge in [-0.1, -0.05) is 17.3 Å². The fraction of sp³-hybridized carbons (Fsp3) is 0.333. The molecule has 0 atom stereocenters. The Morgan fingerprint density at radius 2 is 2.10 bits per heavy atom. The number of halogens is 3. The SMILES string of the molecule is FC(F)(F)c1nc(-c2ccc3c(c2)OCCNC3)no1. The van der Waals surface area contributed by atoms with E-state index in [0.717, 1.165) is 5.56 Å². The van der Waals surface area contributed by atoms with Crippen LogP contribution in [0.5, 0.6) is 5.75 Å². The van der Waals surface area contributed by atoms with Crippen molar-refractivity contribution in [3.63, 3.8) is 0 Å². The Kier molecular flexibility index (Phi) is 3.09. The minimum atomic E-state index is -4.64. The minimum Gasteiger partial charge on any atom is -0.492 e. The molecule has 0 radical (unpaired) electrons. The lowest BCUT2D eigenvalue weighted by atomic mass is 10.1. The molecular weight excluding hydrogens is 275 g/mol. The molecule has 5 nitrogen and oxygen atoms in total. The Hall–Kier alpha value is -2.09. The topological polar surface area (TPSA) is 60.2 Å². The summed E-state index contributed by atoms with van der Waals surface area (Å²) in [6.45, 7) is 1.86. The van der Waals surface area contributed by atoms with Gasteiger partial charge in [0.15, 0.2) is 0 Å². The van der Waals surface area contributed by atoms with Crippen LogP contribution in [0, 0.1) is 0 Å². The van der Waals surface area contributed by atoms with Gasteiger partial charge in [-0.25, -0.2) is 0 Å². The lowest BCUT2D eigenvalue weighted by Crippen LogP contribution is -2.16. The number of nitrogens with zero attached hydrogens (tertiary/aromatic N) is 2. The fourth-order valence-corrected chi connectivity index (χ4v) is 1.89. The van der Waals surface area contributed by atoms with Crippen molar-refractivity contribution in [2.24, 2.45) is 0 Å². The standard InChI is InChI=1S/C12H10F3N3O2/c13-12(14,15)11-17-10(18-20-11)7-1-2-8-6-16-3-4-19-9(8)5-7/h1-2,5,16H,3-4,6H2. The van der Waals surface area contributed by atoms with Gasteiger partial charge in [0, 0.05) is 24.2 Å². The number of rotatable bonds is 1. The molecule has 0 saturated heterocycles. The van der Waals surface area contributed by atoms with E-state index in [9.17, 15) is 13.2 Å². The fourth-order valence-electron chi connectivity index (χ4n) is 1.89. The molecule has 0 bridgehead atoms. The highest BCUT2D eigenvalue weighted by Crippen LogP contribution is 2.31. The summed E-state index contributed by atoms with van der Waals surface area (Å²) in [7, 11) is 0. The van der Waals surface area contributed by atoms with Crippen LogP contribution in [0.2, 0.25) is 0 Å². The van der Waals surface area contributed by atoms with Gasteiger partial charge in [0.05, 0.1) is 0 Å². The van der Waals surface area contributed by atoms with Crippen LogP contribution in [0.15, 0.2) is 22.7 Å². The van der Waals surface area contributed by atoms with Crippen molar-refractivity contribution in [1.29, 1.82) is 0 Å². The van der Waals surface area contributed by atoms with Crippen molar-refractivity contribution in [1.82, 2.24) is 15.5 Å². The van der Waals surface area contributed by atoms with E-state index in [4.69, 9.17) is 4.74 Å². The minimum absolute atomic E-state index is 0.110. The van der Waals surface area contributed by atoms with Gasteiger partial charge in [0.2, 0.25) is 5.82 Å². The molecule has 2 heterocycles. The van der Waals surface area contributed by atoms with E-state index in [0.29, 0.717) is 31.0 Å². The zero-order chi connectivity index (χ0) is 14.2. The molecule has 1 aliphatic heterocycles. The number of aromatic nitrogens is 2. The van der Waals surface area contributed by atoms with Crippen molar-refractivity contribution < 1.29 is 22.4 Å². The van der Waals surface area contributed by atoms with Crippen LogP contribution >= 0.6 is 0 Å². The average Bonchev–Trinajstić information content (AvgIpc) is 2.78. The van der Waals surface area contributed by atoms with Crippen molar-refractivity contribution in [3.05, 3.63) is 29.7 Å². The molecular formula is C12H10F3N3O2. The first kappa shape index (κ1) is 12.9. The summed E-state index contributed by atoms with van der Waals surface area (Å²) in [5.41, 5.74) is 1.36. The molecule has 0 amide bonds. The molecule has 1 aromatic heterocycles. The molecule has 1 aromatic carbocycles. The van der Waals surface area contributed by atoms with Crippen LogP contribution in [0.1, 0.15) is 11.5 Å². The zero-order valence-electron chi connectivity index (χ0n) is 10.2. The maximum Gasteiger partial charge on any atom is 0.471 e. The molecule has 2 aromatic rings. The third kappa shape index (κ3) is 2.46. The van der Waals surface area contributed by atoms with E-state index in [1.54, 1.807) is 18.2 Å². The maximum atomic E-state index is 12.4. The highest BCUT2D eigenvalue weighted by molar-refractivity contribution is 5.59. The Balaban J connectivity index is 1.94. The summed E-state index contributed by atoms with van der Waals surface area (Å²) in [6, 6.07) is 5.03. The molecule has 3 rings (SSSR count). The monoisotopic (exact) mass is 285 g/mol. The van der Waals surface area contributed by atoms with Gasteiger partial charge in [-0.3, -0.25) is 0 Å². The molecule has 8 heteroatoms. The highest BCUT2D eigenvalue weighted by Gasteiger charge is 2.38. The molecule has 1 N–H and O–H groups in total. The van der Waals surface area contributed by atoms with Crippen LogP contribution in [0.3, 0.4) is 0 Å². The smallest absolute Gasteiger partial charge is 0.471 e. The maximum absolute atomic E-state index is 12.4. The largest absolute Gasteiger partial charge is 0.492 e. The molecule has 0 fully saturated rings. The Morgan fingerprint density at radius 3 is 2.85 bits per heavy atom. The van der Waals surface area contributed by atoms with Gasteiger partial charge in [-0.15, -0.1) is 0 Å². The van der Waals surface area contributed by atoms with Crippen molar-refractivity contribution in [2.45, 2.75) is 12.7 Å². The lowest BCUT2D eigenvalue weighted by Gasteiger charge is -2.07. The Morgan fingerprint density at radius 1 is 1.25 bits per heavy atom. The predicted molar refractivity (Wildman–Crippen MR) is 61.9 cm³/mol. The van der Waals surface area contributed by atoms with Crippen LogP contribution in [-0.2, 0) is 12.7 Å². The molecule has 1 aliphatic rings. The number of alkyl halides is 3. The first-order valence-corrected chi connectivity index (χ1v) is 5.92. The number of fused-ring (bicyclic) bond motifs is 1. The molecule has 0 spiro atoms. The van der Waals surface area contributed by atoms with Crippen LogP contribution in [-0.4, -0.2) is 23.3 Å². The number of hydrogen-bond donors (Lipinski definition) is 1. The average molecular weight is 285 g/mol. The number of nitrogens with one attached hydrogen (secondary N) is 1. The van der Waals surface area contributed by atoms with E-state index >= 15 is 0 Å². The summed E-state index contributed by atoms with van der Waals surface area (Å²) in [6.07, 6.45) is -4.64. The number of ether oxygens (including phenoxy) is 1. The molecule has 0 unspecified atom stereocenters. The van der Waals surface area contributed by atoms with Crippen LogP contribution in [0.4, 0.5) is 13.2 Å². The van der Waals surface area contributed by atoms with Gasteiger partial charge in [-0.2, -0.15) is 18.2 Å². The third-order valence-electron chi connectivity index (χ3n) is 2.85. The van der Waals surface area contributed by atoms with Gasteiger partial charge >= 0.3 is 12.1 Å². The second-order valence-electron chi connectivity index (χ2n) is 4.27. The summed E-state index contributed by atoms with van der Waals surface area (Å²) in [5.74, 6) is -0.850. The number of hydrogen-bond acceptors (Lipinski definition) is 5. The van der Waals surface area contributed by atoms with Crippen molar-refractivity contribution in [2.75, 3.05) is 13.2 Å². The zero-order valence-corrected chi connectivity index (χ0v) is 10.2. The highest BCUT2D eigenvalue weighted by atomic mass is 19.4. The third-order valence-corrected chi connectivity index (χ3v) is 2.85. The second-order valence-corrected chi connectivity index (χ2v) is 4.27. The second kappa shape index (κ2) is 4.78.